The van der Waals surface area contributed by atoms with Crippen molar-refractivity contribution in [3.8, 4) is 0 Å². The fourth-order valence-corrected chi connectivity index (χ4v) is 2.48. The van der Waals surface area contributed by atoms with E-state index in [4.69, 9.17) is 0 Å². The van der Waals surface area contributed by atoms with Crippen molar-refractivity contribution >= 4 is 11.9 Å². The van der Waals surface area contributed by atoms with Gasteiger partial charge < -0.3 is 4.90 Å². The maximum Gasteiger partial charge on any atom is 0.0226 e. The van der Waals surface area contributed by atoms with Gasteiger partial charge in [-0.3, -0.25) is 0 Å². The van der Waals surface area contributed by atoms with Crippen LogP contribution < -0.4 is 0 Å². The van der Waals surface area contributed by atoms with Gasteiger partial charge in [-0.25, -0.2) is 4.31 Å². The Kier molecular flexibility index (Phi) is 11.2. The van der Waals surface area contributed by atoms with Crippen molar-refractivity contribution in [1.82, 2.24) is 9.21 Å². The third-order valence-electron chi connectivity index (χ3n) is 2.48. The van der Waals surface area contributed by atoms with E-state index in [1.165, 1.54) is 18.0 Å². The summed E-state index contributed by atoms with van der Waals surface area (Å²) in [7, 11) is 2.19. The van der Waals surface area contributed by atoms with E-state index in [0.717, 1.165) is 13.1 Å². The second kappa shape index (κ2) is 11.6. The highest BCUT2D eigenvalue weighted by Gasteiger charge is 2.14. The molecule has 0 atom stereocenters. The van der Waals surface area contributed by atoms with Crippen LogP contribution in [0.25, 0.3) is 0 Å². The van der Waals surface area contributed by atoms with E-state index in [9.17, 15) is 0 Å². The van der Waals surface area contributed by atoms with E-state index in [0.29, 0.717) is 0 Å². The second-order valence-corrected chi connectivity index (χ2v) is 5.09. The van der Waals surface area contributed by atoms with Crippen molar-refractivity contribution in [2.24, 2.45) is 0 Å². The van der Waals surface area contributed by atoms with Crippen molar-refractivity contribution in [2.75, 3.05) is 33.2 Å². The van der Waals surface area contributed by atoms with E-state index in [1.807, 2.05) is 32.7 Å². The molecular weight excluding hydrogens is 240 g/mol. The van der Waals surface area contributed by atoms with Gasteiger partial charge in [-0.2, -0.15) is 0 Å². The molecule has 1 rings (SSSR count). The molecule has 18 heavy (non-hydrogen) atoms. The molecule has 1 fully saturated rings. The summed E-state index contributed by atoms with van der Waals surface area (Å²) in [5.41, 5.74) is 0. The topological polar surface area (TPSA) is 6.48 Å². The molecule has 1 heterocycles. The van der Waals surface area contributed by atoms with Gasteiger partial charge in [0.2, 0.25) is 0 Å². The van der Waals surface area contributed by atoms with Gasteiger partial charge in [0.25, 0.3) is 0 Å². The average molecular weight is 268 g/mol. The molecule has 1 aliphatic heterocycles. The van der Waals surface area contributed by atoms with Crippen LogP contribution >= 0.6 is 11.9 Å². The second-order valence-electron chi connectivity index (χ2n) is 3.92. The Bertz CT molecular complexity index is 274. The van der Waals surface area contributed by atoms with Crippen molar-refractivity contribution in [2.45, 2.75) is 27.7 Å². The molecule has 0 aromatic carbocycles. The summed E-state index contributed by atoms with van der Waals surface area (Å²) in [6, 6.07) is 0. The van der Waals surface area contributed by atoms with E-state index < -0.39 is 0 Å². The number of likely N-dealkylation sites (N-methyl/N-ethyl adjacent to an activating group) is 1. The molecule has 0 aliphatic carbocycles. The maximum atomic E-state index is 2.44. The maximum absolute atomic E-state index is 2.44. The Labute approximate surface area is 118 Å². The molecule has 0 N–H and O–H groups in total. The number of hydrogen-bond donors (Lipinski definition) is 0. The first kappa shape index (κ1) is 17.5. The molecule has 0 aromatic rings. The summed E-state index contributed by atoms with van der Waals surface area (Å²) in [5, 5.41) is 0. The van der Waals surface area contributed by atoms with E-state index >= 15 is 0 Å². The lowest BCUT2D eigenvalue weighted by molar-refractivity contribution is 0.234. The minimum Gasteiger partial charge on any atom is -0.304 e. The Balaban J connectivity index is 0.00000137. The van der Waals surface area contributed by atoms with Crippen LogP contribution in [0.3, 0.4) is 0 Å². The average Bonchev–Trinajstić information content (AvgIpc) is 2.41. The molecule has 0 spiro atoms. The van der Waals surface area contributed by atoms with Gasteiger partial charge in [-0.15, -0.1) is 0 Å². The van der Waals surface area contributed by atoms with Crippen LogP contribution in [0, 0.1) is 0 Å². The third-order valence-corrected chi connectivity index (χ3v) is 3.59. The molecule has 1 saturated heterocycles. The van der Waals surface area contributed by atoms with E-state index in [1.54, 1.807) is 0 Å². The van der Waals surface area contributed by atoms with E-state index in [-0.39, 0.29) is 0 Å². The van der Waals surface area contributed by atoms with Crippen molar-refractivity contribution in [1.29, 1.82) is 0 Å². The Morgan fingerprint density at radius 1 is 1.00 bits per heavy atom. The van der Waals surface area contributed by atoms with Gasteiger partial charge in [-0.1, -0.05) is 38.2 Å². The quantitative estimate of drug-likeness (QED) is 0.563. The summed E-state index contributed by atoms with van der Waals surface area (Å²) in [6.07, 6.45) is 10.6. The van der Waals surface area contributed by atoms with Crippen LogP contribution in [-0.2, 0) is 0 Å². The molecule has 2 nitrogen and oxygen atoms in total. The summed E-state index contributed by atoms with van der Waals surface area (Å²) in [4.78, 5) is 3.69. The van der Waals surface area contributed by atoms with Gasteiger partial charge in [-0.05, 0) is 38.9 Å². The van der Waals surface area contributed by atoms with Crippen LogP contribution in [-0.4, -0.2) is 42.4 Å². The number of hydrogen-bond acceptors (Lipinski definition) is 3. The summed E-state index contributed by atoms with van der Waals surface area (Å²) < 4.78 is 2.44. The Hall–Kier alpha value is -0.510. The molecule has 0 amide bonds. The SMILES string of the molecule is CC.C\C=C/C=C(\C=C/C)SN1CCN(C)CC1. The summed E-state index contributed by atoms with van der Waals surface area (Å²) in [6.45, 7) is 12.7. The first-order valence-electron chi connectivity index (χ1n) is 6.83. The van der Waals surface area contributed by atoms with Crippen LogP contribution in [0.4, 0.5) is 0 Å². The lowest BCUT2D eigenvalue weighted by Crippen LogP contribution is -2.41. The van der Waals surface area contributed by atoms with Crippen molar-refractivity contribution in [3.63, 3.8) is 0 Å². The first-order valence-corrected chi connectivity index (χ1v) is 7.60. The number of allylic oxidation sites excluding steroid dienone is 5. The fourth-order valence-electron chi connectivity index (χ4n) is 1.50. The van der Waals surface area contributed by atoms with Crippen LogP contribution in [0.15, 0.2) is 35.3 Å². The van der Waals surface area contributed by atoms with Crippen molar-refractivity contribution in [3.05, 3.63) is 35.3 Å². The molecule has 0 unspecified atom stereocenters. The molecule has 0 bridgehead atoms. The van der Waals surface area contributed by atoms with Gasteiger partial charge in [0.05, 0.1) is 0 Å². The highest BCUT2D eigenvalue weighted by molar-refractivity contribution is 8.01. The minimum atomic E-state index is 1.14. The minimum absolute atomic E-state index is 1.14. The van der Waals surface area contributed by atoms with Crippen molar-refractivity contribution < 1.29 is 0 Å². The van der Waals surface area contributed by atoms with Gasteiger partial charge in [0.15, 0.2) is 0 Å². The standard InChI is InChI=1S/C13H22N2S.C2H6/c1-4-6-8-13(7-5-2)16-15-11-9-14(3)10-12-15;1-2/h4-8H,9-12H2,1-3H3;1-2H3/b6-4-,7-5-,13-8+;. The monoisotopic (exact) mass is 268 g/mol. The van der Waals surface area contributed by atoms with Gasteiger partial charge in [0, 0.05) is 31.1 Å². The van der Waals surface area contributed by atoms with Gasteiger partial charge >= 0.3 is 0 Å². The normalized spacial score (nSPS) is 19.3. The van der Waals surface area contributed by atoms with Crippen LogP contribution in [0.5, 0.6) is 0 Å². The van der Waals surface area contributed by atoms with Crippen LogP contribution in [0.2, 0.25) is 0 Å². The van der Waals surface area contributed by atoms with Gasteiger partial charge in [0.1, 0.15) is 0 Å². The predicted molar refractivity (Wildman–Crippen MR) is 85.7 cm³/mol. The van der Waals surface area contributed by atoms with E-state index in [2.05, 4.69) is 53.6 Å². The Morgan fingerprint density at radius 3 is 2.11 bits per heavy atom. The molecule has 1 aliphatic rings. The lowest BCUT2D eigenvalue weighted by atomic mass is 10.4. The zero-order valence-corrected chi connectivity index (χ0v) is 13.3. The zero-order valence-electron chi connectivity index (χ0n) is 12.5. The number of piperazine rings is 1. The molecule has 104 valence electrons. The number of rotatable bonds is 4. The Morgan fingerprint density at radius 2 is 1.61 bits per heavy atom. The molecular formula is C15H28N2S. The highest BCUT2D eigenvalue weighted by Crippen LogP contribution is 2.23. The fraction of sp³-hybridized carbons (Fsp3) is 0.600. The summed E-state index contributed by atoms with van der Waals surface area (Å²) >= 11 is 1.86. The first-order chi connectivity index (χ1) is 8.76. The molecule has 0 aromatic heterocycles. The molecule has 3 heteroatoms. The van der Waals surface area contributed by atoms with Crippen LogP contribution in [0.1, 0.15) is 27.7 Å². The number of nitrogens with zero attached hydrogens (tertiary/aromatic N) is 2. The molecule has 0 radical (unpaired) electrons. The summed E-state index contributed by atoms with van der Waals surface area (Å²) in [5.74, 6) is 0. The third kappa shape index (κ3) is 7.75. The zero-order chi connectivity index (χ0) is 13.8. The largest absolute Gasteiger partial charge is 0.304 e. The highest BCUT2D eigenvalue weighted by atomic mass is 32.2. The predicted octanol–water partition coefficient (Wildman–Crippen LogP) is 3.94. The lowest BCUT2D eigenvalue weighted by Gasteiger charge is -2.31. The smallest absolute Gasteiger partial charge is 0.0226 e. The molecule has 0 saturated carbocycles.